The third-order valence-corrected chi connectivity index (χ3v) is 3.76. The van der Waals surface area contributed by atoms with E-state index in [0.717, 1.165) is 6.54 Å². The lowest BCUT2D eigenvalue weighted by Gasteiger charge is -2.34. The molecule has 0 bridgehead atoms. The second-order valence-corrected chi connectivity index (χ2v) is 7.61. The van der Waals surface area contributed by atoms with Crippen LogP contribution in [-0.2, 0) is 4.43 Å². The highest BCUT2D eigenvalue weighted by Gasteiger charge is 2.33. The maximum absolute atomic E-state index is 6.04. The van der Waals surface area contributed by atoms with Crippen molar-refractivity contribution in [3.63, 3.8) is 0 Å². The Kier molecular flexibility index (Phi) is 3.78. The molecule has 2 nitrogen and oxygen atoms in total. The average Bonchev–Trinajstić information content (AvgIpc) is 2.52. The van der Waals surface area contributed by atoms with Crippen LogP contribution in [0, 0.1) is 0 Å². The zero-order chi connectivity index (χ0) is 10.8. The number of rotatable bonds is 3. The van der Waals surface area contributed by atoms with Crippen molar-refractivity contribution in [2.75, 3.05) is 6.54 Å². The van der Waals surface area contributed by atoms with Gasteiger partial charge in [0, 0.05) is 6.04 Å². The fourth-order valence-corrected chi connectivity index (χ4v) is 2.35. The van der Waals surface area contributed by atoms with Crippen LogP contribution in [0.4, 0.5) is 0 Å². The predicted molar refractivity (Wildman–Crippen MR) is 61.7 cm³/mol. The van der Waals surface area contributed by atoms with Crippen molar-refractivity contribution in [2.24, 2.45) is 0 Å². The predicted octanol–water partition coefficient (Wildman–Crippen LogP) is 2.37. The summed E-state index contributed by atoms with van der Waals surface area (Å²) < 4.78 is 6.04. The monoisotopic (exact) mass is 213 g/mol. The van der Waals surface area contributed by atoms with Crippen molar-refractivity contribution in [1.82, 2.24) is 5.32 Å². The largest absolute Gasteiger partial charge is 0.410 e. The standard InChI is InChI=1S/C11H23NOSi/c1-10(2,3)14-13-11(4,5)9-7-6-8-12-9/h9,12H,6-8H2,1-5H3/t9-/m1/s1. The summed E-state index contributed by atoms with van der Waals surface area (Å²) in [5.41, 5.74) is -0.0117. The van der Waals surface area contributed by atoms with E-state index in [0.29, 0.717) is 15.8 Å². The van der Waals surface area contributed by atoms with Gasteiger partial charge in [-0.15, -0.1) is 0 Å². The van der Waals surface area contributed by atoms with Crippen LogP contribution >= 0.6 is 0 Å². The zero-order valence-corrected chi connectivity index (χ0v) is 11.1. The molecule has 1 aliphatic rings. The molecule has 2 radical (unpaired) electrons. The second kappa shape index (κ2) is 4.33. The minimum absolute atomic E-state index is 0.0117. The van der Waals surface area contributed by atoms with Crippen LogP contribution in [0.1, 0.15) is 47.5 Å². The van der Waals surface area contributed by atoms with E-state index in [2.05, 4.69) is 39.9 Å². The molecule has 0 aliphatic carbocycles. The molecular weight excluding hydrogens is 190 g/mol. The van der Waals surface area contributed by atoms with Gasteiger partial charge in [-0.2, -0.15) is 0 Å². The summed E-state index contributed by atoms with van der Waals surface area (Å²) in [6.45, 7) is 12.2. The zero-order valence-electron chi connectivity index (χ0n) is 10.1. The Bertz CT molecular complexity index is 180. The van der Waals surface area contributed by atoms with E-state index in [4.69, 9.17) is 4.43 Å². The maximum atomic E-state index is 6.04. The van der Waals surface area contributed by atoms with Gasteiger partial charge in [0.15, 0.2) is 0 Å². The average molecular weight is 213 g/mol. The van der Waals surface area contributed by atoms with Gasteiger partial charge in [-0.1, -0.05) is 20.8 Å². The van der Waals surface area contributed by atoms with Crippen molar-refractivity contribution in [2.45, 2.75) is 64.1 Å². The first-order chi connectivity index (χ1) is 6.31. The molecule has 0 saturated carbocycles. The number of hydrogen-bond donors (Lipinski definition) is 1. The Morgan fingerprint density at radius 2 is 1.86 bits per heavy atom. The molecule has 0 spiro atoms. The van der Waals surface area contributed by atoms with Gasteiger partial charge in [0.1, 0.15) is 0 Å². The fourth-order valence-electron chi connectivity index (χ4n) is 1.63. The summed E-state index contributed by atoms with van der Waals surface area (Å²) >= 11 is 0. The summed E-state index contributed by atoms with van der Waals surface area (Å²) in [6.07, 6.45) is 2.54. The summed E-state index contributed by atoms with van der Waals surface area (Å²) in [6, 6.07) is 0.539. The van der Waals surface area contributed by atoms with Gasteiger partial charge < -0.3 is 9.74 Å². The van der Waals surface area contributed by atoms with Gasteiger partial charge in [-0.3, -0.25) is 0 Å². The Hall–Kier alpha value is 0.137. The van der Waals surface area contributed by atoms with Gasteiger partial charge in [0.2, 0.25) is 9.76 Å². The first-order valence-corrected chi connectivity index (χ1v) is 6.41. The molecule has 0 aromatic carbocycles. The normalized spacial score (nSPS) is 24.2. The highest BCUT2D eigenvalue weighted by atomic mass is 28.2. The van der Waals surface area contributed by atoms with Crippen molar-refractivity contribution >= 4 is 9.76 Å². The van der Waals surface area contributed by atoms with Crippen LogP contribution in [0.3, 0.4) is 0 Å². The minimum Gasteiger partial charge on any atom is -0.410 e. The van der Waals surface area contributed by atoms with Crippen molar-refractivity contribution in [3.05, 3.63) is 0 Å². The third kappa shape index (κ3) is 3.71. The fraction of sp³-hybridized carbons (Fsp3) is 1.00. The van der Waals surface area contributed by atoms with Crippen molar-refractivity contribution in [1.29, 1.82) is 0 Å². The number of hydrogen-bond acceptors (Lipinski definition) is 2. The Labute approximate surface area is 90.7 Å². The highest BCUT2D eigenvalue weighted by molar-refractivity contribution is 6.31. The molecule has 0 amide bonds. The van der Waals surface area contributed by atoms with E-state index < -0.39 is 0 Å². The quantitative estimate of drug-likeness (QED) is 0.727. The van der Waals surface area contributed by atoms with Gasteiger partial charge in [-0.25, -0.2) is 0 Å². The van der Waals surface area contributed by atoms with Gasteiger partial charge in [-0.05, 0) is 38.3 Å². The molecule has 1 atom stereocenters. The van der Waals surface area contributed by atoms with E-state index in [1.807, 2.05) is 0 Å². The van der Waals surface area contributed by atoms with Crippen LogP contribution in [-0.4, -0.2) is 28.0 Å². The maximum Gasteiger partial charge on any atom is 0.236 e. The van der Waals surface area contributed by atoms with Crippen molar-refractivity contribution in [3.8, 4) is 0 Å². The van der Waals surface area contributed by atoms with Gasteiger partial charge in [0.25, 0.3) is 0 Å². The highest BCUT2D eigenvalue weighted by Crippen LogP contribution is 2.27. The van der Waals surface area contributed by atoms with Gasteiger partial charge in [0.05, 0.1) is 5.60 Å². The lowest BCUT2D eigenvalue weighted by atomic mass is 9.98. The number of nitrogens with one attached hydrogen (secondary N) is 1. The molecule has 0 aromatic rings. The van der Waals surface area contributed by atoms with E-state index in [9.17, 15) is 0 Å². The van der Waals surface area contributed by atoms with Crippen LogP contribution in [0.15, 0.2) is 0 Å². The molecule has 82 valence electrons. The van der Waals surface area contributed by atoms with Crippen molar-refractivity contribution < 1.29 is 4.43 Å². The minimum atomic E-state index is -0.0117. The smallest absolute Gasteiger partial charge is 0.236 e. The lowest BCUT2D eigenvalue weighted by Crippen LogP contribution is -2.46. The molecule has 1 saturated heterocycles. The Balaban J connectivity index is 2.40. The molecule has 1 N–H and O–H groups in total. The van der Waals surface area contributed by atoms with E-state index in [1.165, 1.54) is 12.8 Å². The first-order valence-electron chi connectivity index (χ1n) is 5.50. The summed E-state index contributed by atoms with van der Waals surface area (Å²) in [5.74, 6) is 0. The first kappa shape index (κ1) is 12.2. The topological polar surface area (TPSA) is 21.3 Å². The second-order valence-electron chi connectivity index (χ2n) is 5.71. The van der Waals surface area contributed by atoms with Crippen LogP contribution in [0.2, 0.25) is 5.04 Å². The van der Waals surface area contributed by atoms with E-state index >= 15 is 0 Å². The summed E-state index contributed by atoms with van der Waals surface area (Å²) in [7, 11) is 0.580. The SMILES string of the molecule is CC(C)(C)[Si]OC(C)(C)[C@H]1CCCN1. The van der Waals surface area contributed by atoms with Crippen LogP contribution in [0.25, 0.3) is 0 Å². The molecule has 1 heterocycles. The summed E-state index contributed by atoms with van der Waals surface area (Å²) in [4.78, 5) is 0. The van der Waals surface area contributed by atoms with Crippen LogP contribution in [0.5, 0.6) is 0 Å². The molecule has 1 aliphatic heterocycles. The Morgan fingerprint density at radius 3 is 2.29 bits per heavy atom. The molecule has 14 heavy (non-hydrogen) atoms. The third-order valence-electron chi connectivity index (χ3n) is 2.52. The molecule has 1 rings (SSSR count). The summed E-state index contributed by atoms with van der Waals surface area (Å²) in [5, 5.41) is 3.80. The molecule has 0 aromatic heterocycles. The lowest BCUT2D eigenvalue weighted by molar-refractivity contribution is 0.0720. The molecule has 3 heteroatoms. The molecular formula is C11H23NOSi. The van der Waals surface area contributed by atoms with E-state index in [-0.39, 0.29) is 10.6 Å². The van der Waals surface area contributed by atoms with Crippen LogP contribution < -0.4 is 5.32 Å². The van der Waals surface area contributed by atoms with E-state index in [1.54, 1.807) is 0 Å². The molecule has 1 fully saturated rings. The Morgan fingerprint density at radius 1 is 1.21 bits per heavy atom. The van der Waals surface area contributed by atoms with Gasteiger partial charge >= 0.3 is 0 Å². The molecule has 0 unspecified atom stereocenters.